The van der Waals surface area contributed by atoms with Crippen molar-refractivity contribution < 1.29 is 0 Å². The van der Waals surface area contributed by atoms with Crippen LogP contribution in [0.25, 0.3) is 0 Å². The average Bonchev–Trinajstić information content (AvgIpc) is 3.09. The van der Waals surface area contributed by atoms with Crippen LogP contribution >= 0.6 is 22.9 Å². The van der Waals surface area contributed by atoms with E-state index >= 15 is 0 Å². The lowest BCUT2D eigenvalue weighted by atomic mass is 9.89. The molecule has 1 aromatic heterocycles. The van der Waals surface area contributed by atoms with Crippen LogP contribution in [-0.2, 0) is 0 Å². The largest absolute Gasteiger partial charge is 0.314 e. The molecule has 0 aromatic carbocycles. The van der Waals surface area contributed by atoms with Crippen LogP contribution in [0.2, 0.25) is 4.34 Å². The van der Waals surface area contributed by atoms with Gasteiger partial charge in [-0.1, -0.05) is 11.6 Å². The Morgan fingerprint density at radius 2 is 2.26 bits per heavy atom. The Morgan fingerprint density at radius 1 is 1.37 bits per heavy atom. The maximum Gasteiger partial charge on any atom is 0.0931 e. The number of hydrogen-bond acceptors (Lipinski definition) is 3. The zero-order chi connectivity index (χ0) is 13.2. The number of thiophene rings is 1. The molecule has 2 nitrogen and oxygen atoms in total. The summed E-state index contributed by atoms with van der Waals surface area (Å²) in [5.74, 6) is 0.842. The summed E-state index contributed by atoms with van der Waals surface area (Å²) in [6.07, 6.45) is 5.47. The lowest BCUT2D eigenvalue weighted by molar-refractivity contribution is 0.116. The van der Waals surface area contributed by atoms with Gasteiger partial charge in [0.25, 0.3) is 0 Å². The number of halogens is 1. The Balaban J connectivity index is 1.64. The van der Waals surface area contributed by atoms with Gasteiger partial charge >= 0.3 is 0 Å². The van der Waals surface area contributed by atoms with Crippen molar-refractivity contribution >= 4 is 22.9 Å². The summed E-state index contributed by atoms with van der Waals surface area (Å²) in [5.41, 5.74) is 0. The predicted octanol–water partition coefficient (Wildman–Crippen LogP) is 3.93. The van der Waals surface area contributed by atoms with Crippen LogP contribution in [0.1, 0.15) is 43.5 Å². The number of likely N-dealkylation sites (tertiary alicyclic amines) is 1. The fourth-order valence-corrected chi connectivity index (χ4v) is 4.71. The standard InChI is InChI=1S/C15H23ClN2S/c1-11(14-6-7-15(16)19-14)18-9-3-4-12(10-18)13-5-2-8-17-13/h6-7,11-13,17H,2-5,8-10H2,1H3. The van der Waals surface area contributed by atoms with Gasteiger partial charge in [-0.15, -0.1) is 11.3 Å². The van der Waals surface area contributed by atoms with Crippen LogP contribution in [-0.4, -0.2) is 30.6 Å². The second-order valence-electron chi connectivity index (χ2n) is 5.92. The summed E-state index contributed by atoms with van der Waals surface area (Å²) >= 11 is 7.80. The van der Waals surface area contributed by atoms with Gasteiger partial charge in [0.1, 0.15) is 0 Å². The zero-order valence-electron chi connectivity index (χ0n) is 11.6. The summed E-state index contributed by atoms with van der Waals surface area (Å²) in [5, 5.41) is 3.68. The summed E-state index contributed by atoms with van der Waals surface area (Å²) in [6.45, 7) is 6.03. The van der Waals surface area contributed by atoms with Crippen LogP contribution in [0.4, 0.5) is 0 Å². The zero-order valence-corrected chi connectivity index (χ0v) is 13.1. The number of nitrogens with one attached hydrogen (secondary N) is 1. The Hall–Kier alpha value is -0.0900. The van der Waals surface area contributed by atoms with E-state index in [-0.39, 0.29) is 0 Å². The van der Waals surface area contributed by atoms with E-state index in [0.717, 1.165) is 16.3 Å². The van der Waals surface area contributed by atoms with E-state index in [2.05, 4.69) is 23.2 Å². The van der Waals surface area contributed by atoms with Gasteiger partial charge < -0.3 is 5.32 Å². The van der Waals surface area contributed by atoms with E-state index in [1.54, 1.807) is 11.3 Å². The van der Waals surface area contributed by atoms with Crippen molar-refractivity contribution in [3.8, 4) is 0 Å². The van der Waals surface area contributed by atoms with Crippen molar-refractivity contribution in [1.82, 2.24) is 10.2 Å². The number of rotatable bonds is 3. The van der Waals surface area contributed by atoms with Crippen molar-refractivity contribution in [2.24, 2.45) is 5.92 Å². The quantitative estimate of drug-likeness (QED) is 0.910. The molecule has 0 spiro atoms. The molecule has 2 saturated heterocycles. The minimum Gasteiger partial charge on any atom is -0.314 e. The molecule has 19 heavy (non-hydrogen) atoms. The molecule has 1 aromatic rings. The highest BCUT2D eigenvalue weighted by molar-refractivity contribution is 7.16. The van der Waals surface area contributed by atoms with Crippen molar-refractivity contribution in [2.75, 3.05) is 19.6 Å². The van der Waals surface area contributed by atoms with Crippen LogP contribution in [0, 0.1) is 5.92 Å². The first kappa shape index (κ1) is 13.9. The van der Waals surface area contributed by atoms with Gasteiger partial charge in [0.15, 0.2) is 0 Å². The van der Waals surface area contributed by atoms with Crippen LogP contribution in [0.3, 0.4) is 0 Å². The molecule has 2 aliphatic rings. The molecule has 2 fully saturated rings. The minimum absolute atomic E-state index is 0.515. The third kappa shape index (κ3) is 3.15. The molecule has 3 rings (SSSR count). The Morgan fingerprint density at radius 3 is 2.95 bits per heavy atom. The molecule has 0 amide bonds. The number of piperidine rings is 1. The van der Waals surface area contributed by atoms with Gasteiger partial charge in [0.2, 0.25) is 0 Å². The molecule has 0 bridgehead atoms. The van der Waals surface area contributed by atoms with Gasteiger partial charge in [0, 0.05) is 23.5 Å². The summed E-state index contributed by atoms with van der Waals surface area (Å²) in [4.78, 5) is 4.06. The van der Waals surface area contributed by atoms with E-state index in [0.29, 0.717) is 6.04 Å². The van der Waals surface area contributed by atoms with Gasteiger partial charge in [-0.05, 0) is 63.7 Å². The topological polar surface area (TPSA) is 15.3 Å². The summed E-state index contributed by atoms with van der Waals surface area (Å²) < 4.78 is 0.910. The van der Waals surface area contributed by atoms with Gasteiger partial charge in [-0.25, -0.2) is 0 Å². The SMILES string of the molecule is CC(c1ccc(Cl)s1)N1CCCC(C2CCCN2)C1. The van der Waals surface area contributed by atoms with Crippen LogP contribution in [0.15, 0.2) is 12.1 Å². The second-order valence-corrected chi connectivity index (χ2v) is 7.66. The molecule has 3 heterocycles. The van der Waals surface area contributed by atoms with Gasteiger partial charge in [0.05, 0.1) is 4.34 Å². The highest BCUT2D eigenvalue weighted by Crippen LogP contribution is 2.34. The number of hydrogen-bond donors (Lipinski definition) is 1. The third-order valence-electron chi connectivity index (χ3n) is 4.71. The Kier molecular flexibility index (Phi) is 4.47. The smallest absolute Gasteiger partial charge is 0.0931 e. The fourth-order valence-electron chi connectivity index (χ4n) is 3.57. The average molecular weight is 299 g/mol. The van der Waals surface area contributed by atoms with E-state index in [4.69, 9.17) is 11.6 Å². The van der Waals surface area contributed by atoms with Crippen LogP contribution < -0.4 is 5.32 Å². The number of nitrogens with zero attached hydrogens (tertiary/aromatic N) is 1. The maximum absolute atomic E-state index is 6.07. The fraction of sp³-hybridized carbons (Fsp3) is 0.733. The molecular formula is C15H23ClN2S. The summed E-state index contributed by atoms with van der Waals surface area (Å²) in [7, 11) is 0. The van der Waals surface area contributed by atoms with Gasteiger partial charge in [-0.3, -0.25) is 4.90 Å². The molecule has 2 aliphatic heterocycles. The highest BCUT2D eigenvalue weighted by atomic mass is 35.5. The van der Waals surface area contributed by atoms with Crippen LogP contribution in [0.5, 0.6) is 0 Å². The normalized spacial score (nSPS) is 30.6. The first-order valence-corrected chi connectivity index (χ1v) is 8.66. The monoisotopic (exact) mass is 298 g/mol. The third-order valence-corrected chi connectivity index (χ3v) is 6.11. The summed E-state index contributed by atoms with van der Waals surface area (Å²) in [6, 6.07) is 5.50. The molecule has 1 N–H and O–H groups in total. The molecule has 3 atom stereocenters. The molecule has 3 unspecified atom stereocenters. The Bertz CT molecular complexity index is 414. The van der Waals surface area contributed by atoms with Crippen molar-refractivity contribution in [3.63, 3.8) is 0 Å². The lowest BCUT2D eigenvalue weighted by Gasteiger charge is -2.38. The van der Waals surface area contributed by atoms with E-state index in [9.17, 15) is 0 Å². The molecule has 0 aliphatic carbocycles. The molecule has 106 valence electrons. The molecular weight excluding hydrogens is 276 g/mol. The van der Waals surface area contributed by atoms with Crippen molar-refractivity contribution in [3.05, 3.63) is 21.3 Å². The lowest BCUT2D eigenvalue weighted by Crippen LogP contribution is -2.44. The van der Waals surface area contributed by atoms with E-state index in [1.165, 1.54) is 50.2 Å². The molecule has 0 radical (unpaired) electrons. The predicted molar refractivity (Wildman–Crippen MR) is 83.1 cm³/mol. The Labute approximate surface area is 125 Å². The van der Waals surface area contributed by atoms with Crippen molar-refractivity contribution in [1.29, 1.82) is 0 Å². The molecule has 4 heteroatoms. The highest BCUT2D eigenvalue weighted by Gasteiger charge is 2.31. The molecule has 0 saturated carbocycles. The van der Waals surface area contributed by atoms with Crippen molar-refractivity contribution in [2.45, 2.75) is 44.7 Å². The van der Waals surface area contributed by atoms with E-state index in [1.807, 2.05) is 6.07 Å². The maximum atomic E-state index is 6.07. The first-order chi connectivity index (χ1) is 9.24. The second kappa shape index (κ2) is 6.13. The van der Waals surface area contributed by atoms with Gasteiger partial charge in [-0.2, -0.15) is 0 Å². The first-order valence-electron chi connectivity index (χ1n) is 7.46. The minimum atomic E-state index is 0.515. The van der Waals surface area contributed by atoms with E-state index < -0.39 is 0 Å².